The van der Waals surface area contributed by atoms with Gasteiger partial charge in [-0.15, -0.1) is 0 Å². The molecule has 0 aromatic heterocycles. The van der Waals surface area contributed by atoms with Crippen molar-refractivity contribution in [2.45, 2.75) is 56.0 Å². The zero-order valence-corrected chi connectivity index (χ0v) is 23.7. The molecular formula is C29H37FN4O5S. The highest BCUT2D eigenvalue weighted by Gasteiger charge is 2.45. The lowest BCUT2D eigenvalue weighted by Gasteiger charge is -2.35. The topological polar surface area (TPSA) is 111 Å². The number of amides is 1. The Morgan fingerprint density at radius 3 is 2.48 bits per heavy atom. The molecule has 1 unspecified atom stereocenters. The molecule has 0 radical (unpaired) electrons. The summed E-state index contributed by atoms with van der Waals surface area (Å²) >= 11 is 0. The Balaban J connectivity index is 1.31. The summed E-state index contributed by atoms with van der Waals surface area (Å²) in [7, 11) is -3.85. The van der Waals surface area contributed by atoms with Gasteiger partial charge in [-0.1, -0.05) is 0 Å². The van der Waals surface area contributed by atoms with E-state index in [1.807, 2.05) is 17.0 Å². The Hall–Kier alpha value is -2.89. The predicted octanol–water partition coefficient (Wildman–Crippen LogP) is 3.46. The van der Waals surface area contributed by atoms with Crippen molar-refractivity contribution in [3.05, 3.63) is 41.5 Å². The maximum Gasteiger partial charge on any atom is 0.257 e. The van der Waals surface area contributed by atoms with Crippen molar-refractivity contribution in [1.29, 1.82) is 0 Å². The van der Waals surface area contributed by atoms with Crippen LogP contribution in [-0.4, -0.2) is 71.0 Å². The monoisotopic (exact) mass is 572 g/mol. The van der Waals surface area contributed by atoms with Gasteiger partial charge in [0.1, 0.15) is 11.4 Å². The van der Waals surface area contributed by atoms with E-state index in [9.17, 15) is 17.6 Å². The van der Waals surface area contributed by atoms with Crippen molar-refractivity contribution < 1.29 is 27.4 Å². The molecule has 2 aromatic carbocycles. The first-order valence-electron chi connectivity index (χ1n) is 14.1. The Morgan fingerprint density at radius 1 is 1.05 bits per heavy atom. The molecule has 1 atom stereocenters. The molecule has 0 bridgehead atoms. The largest absolute Gasteiger partial charge is 0.491 e. The first-order valence-corrected chi connectivity index (χ1v) is 15.6. The van der Waals surface area contributed by atoms with E-state index >= 15 is 0 Å². The highest BCUT2D eigenvalue weighted by molar-refractivity contribution is 7.89. The lowest BCUT2D eigenvalue weighted by atomic mass is 9.93. The molecule has 216 valence electrons. The van der Waals surface area contributed by atoms with E-state index in [0.29, 0.717) is 48.3 Å². The number of benzene rings is 2. The van der Waals surface area contributed by atoms with Crippen LogP contribution >= 0.6 is 0 Å². The molecule has 3 heterocycles. The van der Waals surface area contributed by atoms with E-state index < -0.39 is 15.7 Å². The third kappa shape index (κ3) is 5.38. The molecule has 1 aliphatic carbocycles. The van der Waals surface area contributed by atoms with Crippen molar-refractivity contribution >= 4 is 33.0 Å². The molecule has 1 amide bonds. The second kappa shape index (κ2) is 10.2. The number of fused-ring (bicyclic) bond motifs is 1. The van der Waals surface area contributed by atoms with Crippen molar-refractivity contribution in [3.63, 3.8) is 0 Å². The minimum Gasteiger partial charge on any atom is -0.491 e. The van der Waals surface area contributed by atoms with Gasteiger partial charge in [-0.3, -0.25) is 4.79 Å². The van der Waals surface area contributed by atoms with E-state index in [1.165, 1.54) is 18.9 Å². The number of aliphatic hydroxyl groups excluding tert-OH is 1. The normalized spacial score (nSPS) is 23.3. The number of hydrogen-bond acceptors (Lipinski definition) is 7. The number of hydrogen-bond donors (Lipinski definition) is 3. The van der Waals surface area contributed by atoms with Crippen LogP contribution in [0.5, 0.6) is 5.75 Å². The molecule has 3 fully saturated rings. The third-order valence-corrected chi connectivity index (χ3v) is 10.3. The number of nitrogens with zero attached hydrogens (tertiary/aromatic N) is 2. The van der Waals surface area contributed by atoms with Crippen LogP contribution in [0.2, 0.25) is 0 Å². The van der Waals surface area contributed by atoms with Crippen LogP contribution in [0.25, 0.3) is 0 Å². The molecule has 3 N–H and O–H groups in total. The van der Waals surface area contributed by atoms with Crippen LogP contribution in [-0.2, 0) is 16.4 Å². The third-order valence-electron chi connectivity index (χ3n) is 8.84. The second-order valence-electron chi connectivity index (χ2n) is 11.9. The standard InChI is InChI=1S/C29H37FN4O5S/c1-28(30)7-11-34(19-28)25-17-21(16-20-4-15-39-26(20)25)32-27(36)23-3-2-22(40(37,38)31-10-14-35)18-24(23)33-12-8-29(5-6-29)9-13-33/h2-3,16-18,31,35H,4-15,19H2,1H3,(H,32,36). The number of anilines is 3. The zero-order valence-electron chi connectivity index (χ0n) is 22.8. The Labute approximate surface area is 234 Å². The molecule has 6 rings (SSSR count). The van der Waals surface area contributed by atoms with E-state index in [-0.39, 0.29) is 30.5 Å². The van der Waals surface area contributed by atoms with Crippen LogP contribution in [0.4, 0.5) is 21.5 Å². The maximum absolute atomic E-state index is 14.7. The van der Waals surface area contributed by atoms with Crippen LogP contribution in [0.3, 0.4) is 0 Å². The number of sulfonamides is 1. The molecule has 3 aliphatic heterocycles. The van der Waals surface area contributed by atoms with Gasteiger partial charge in [-0.05, 0) is 68.4 Å². The second-order valence-corrected chi connectivity index (χ2v) is 13.7. The fraction of sp³-hybridized carbons (Fsp3) is 0.552. The summed E-state index contributed by atoms with van der Waals surface area (Å²) in [5, 5.41) is 12.1. The lowest BCUT2D eigenvalue weighted by molar-refractivity contribution is 0.102. The van der Waals surface area contributed by atoms with Crippen LogP contribution in [0, 0.1) is 5.41 Å². The van der Waals surface area contributed by atoms with Gasteiger partial charge in [0.15, 0.2) is 0 Å². The molecule has 11 heteroatoms. The highest BCUT2D eigenvalue weighted by Crippen LogP contribution is 2.54. The van der Waals surface area contributed by atoms with E-state index in [0.717, 1.165) is 42.9 Å². The fourth-order valence-corrected chi connectivity index (χ4v) is 7.26. The summed E-state index contributed by atoms with van der Waals surface area (Å²) in [6, 6.07) is 8.31. The fourth-order valence-electron chi connectivity index (χ4n) is 6.22. The average Bonchev–Trinajstić information content (AvgIpc) is 3.33. The highest BCUT2D eigenvalue weighted by atomic mass is 32.2. The van der Waals surface area contributed by atoms with Gasteiger partial charge in [-0.2, -0.15) is 0 Å². The van der Waals surface area contributed by atoms with Gasteiger partial charge in [-0.25, -0.2) is 17.5 Å². The van der Waals surface area contributed by atoms with E-state index in [1.54, 1.807) is 19.1 Å². The minimum absolute atomic E-state index is 0.0551. The molecule has 4 aliphatic rings. The molecular weight excluding hydrogens is 535 g/mol. The van der Waals surface area contributed by atoms with Gasteiger partial charge in [0.25, 0.3) is 5.91 Å². The Morgan fingerprint density at radius 2 is 1.80 bits per heavy atom. The molecule has 1 spiro atoms. The predicted molar refractivity (Wildman–Crippen MR) is 152 cm³/mol. The molecule has 1 saturated carbocycles. The van der Waals surface area contributed by atoms with Gasteiger partial charge < -0.3 is 25.0 Å². The number of carbonyl (C=O) groups excluding carboxylic acids is 1. The zero-order chi connectivity index (χ0) is 28.1. The number of halogens is 1. The van der Waals surface area contributed by atoms with Crippen molar-refractivity contribution in [3.8, 4) is 5.75 Å². The van der Waals surface area contributed by atoms with Gasteiger partial charge in [0, 0.05) is 50.3 Å². The summed E-state index contributed by atoms with van der Waals surface area (Å²) in [5.41, 5.74) is 2.47. The molecule has 2 saturated heterocycles. The summed E-state index contributed by atoms with van der Waals surface area (Å²) in [4.78, 5) is 17.9. The first kappa shape index (κ1) is 27.3. The quantitative estimate of drug-likeness (QED) is 0.444. The molecule has 2 aromatic rings. The number of alkyl halides is 1. The summed E-state index contributed by atoms with van der Waals surface area (Å²) in [5.74, 6) is 0.416. The van der Waals surface area contributed by atoms with Crippen LogP contribution in [0.15, 0.2) is 35.2 Å². The van der Waals surface area contributed by atoms with Crippen molar-refractivity contribution in [2.75, 3.05) is 61.1 Å². The van der Waals surface area contributed by atoms with Crippen LogP contribution in [0.1, 0.15) is 54.9 Å². The summed E-state index contributed by atoms with van der Waals surface area (Å²) < 4.78 is 48.6. The van der Waals surface area contributed by atoms with Crippen molar-refractivity contribution in [2.24, 2.45) is 5.41 Å². The first-order chi connectivity index (χ1) is 19.1. The van der Waals surface area contributed by atoms with Gasteiger partial charge in [0.05, 0.1) is 41.6 Å². The number of piperidine rings is 1. The number of aliphatic hydroxyl groups is 1. The summed E-state index contributed by atoms with van der Waals surface area (Å²) in [6.07, 6.45) is 5.64. The van der Waals surface area contributed by atoms with Gasteiger partial charge in [0.2, 0.25) is 10.0 Å². The molecule has 9 nitrogen and oxygen atoms in total. The van der Waals surface area contributed by atoms with E-state index in [4.69, 9.17) is 9.84 Å². The molecule has 40 heavy (non-hydrogen) atoms. The Kier molecular flexibility index (Phi) is 6.95. The number of nitrogens with one attached hydrogen (secondary N) is 2. The number of rotatable bonds is 8. The van der Waals surface area contributed by atoms with E-state index in [2.05, 4.69) is 14.9 Å². The number of ether oxygens (including phenoxy) is 1. The average molecular weight is 573 g/mol. The maximum atomic E-state index is 14.7. The van der Waals surface area contributed by atoms with Crippen molar-refractivity contribution in [1.82, 2.24) is 4.72 Å². The van der Waals surface area contributed by atoms with Crippen LogP contribution < -0.4 is 24.6 Å². The smallest absolute Gasteiger partial charge is 0.257 e. The Bertz CT molecular complexity index is 1420. The van der Waals surface area contributed by atoms with Gasteiger partial charge >= 0.3 is 0 Å². The SMILES string of the molecule is CC1(F)CCN(c2cc(NC(=O)c3ccc(S(=O)(=O)NCCO)cc3N3CCC4(CC3)CC4)cc3c2OCC3)C1. The summed E-state index contributed by atoms with van der Waals surface area (Å²) in [6.45, 7) is 4.10. The lowest BCUT2D eigenvalue weighted by Crippen LogP contribution is -2.36. The minimum atomic E-state index is -3.85. The number of carbonyl (C=O) groups is 1.